The SMILES string of the molecule is NC(=O)[C@H](Cc1cccc(OCc2ccccc2)c1)NC(=O)C12CC3CC(CC(C3)C1)C2. The zero-order chi connectivity index (χ0) is 22.1. The van der Waals surface area contributed by atoms with Crippen molar-refractivity contribution in [3.8, 4) is 5.75 Å². The summed E-state index contributed by atoms with van der Waals surface area (Å²) in [5.41, 5.74) is 7.44. The van der Waals surface area contributed by atoms with Crippen LogP contribution < -0.4 is 15.8 Å². The van der Waals surface area contributed by atoms with E-state index >= 15 is 0 Å². The second-order valence-electron chi connectivity index (χ2n) is 10.3. The molecule has 5 nitrogen and oxygen atoms in total. The van der Waals surface area contributed by atoms with Crippen molar-refractivity contribution in [2.24, 2.45) is 28.9 Å². The third-order valence-electron chi connectivity index (χ3n) is 7.76. The number of carbonyl (C=O) groups excluding carboxylic acids is 2. The molecule has 1 atom stereocenters. The number of hydrogen-bond donors (Lipinski definition) is 2. The van der Waals surface area contributed by atoms with E-state index in [1.165, 1.54) is 19.3 Å². The molecule has 4 bridgehead atoms. The lowest BCUT2D eigenvalue weighted by molar-refractivity contribution is -0.148. The van der Waals surface area contributed by atoms with Crippen molar-refractivity contribution < 1.29 is 14.3 Å². The normalized spacial score (nSPS) is 28.8. The molecule has 0 heterocycles. The Balaban J connectivity index is 1.24. The quantitative estimate of drug-likeness (QED) is 0.662. The maximum Gasteiger partial charge on any atom is 0.240 e. The summed E-state index contributed by atoms with van der Waals surface area (Å²) in [6.45, 7) is 0.478. The second-order valence-corrected chi connectivity index (χ2v) is 10.3. The molecule has 2 aromatic carbocycles. The van der Waals surface area contributed by atoms with Crippen LogP contribution in [0.4, 0.5) is 0 Å². The van der Waals surface area contributed by atoms with Crippen LogP contribution >= 0.6 is 0 Å². The van der Waals surface area contributed by atoms with Gasteiger partial charge in [0.05, 0.1) is 0 Å². The van der Waals surface area contributed by atoms with E-state index in [2.05, 4.69) is 5.32 Å². The fraction of sp³-hybridized carbons (Fsp3) is 0.481. The Morgan fingerprint density at radius 1 is 0.938 bits per heavy atom. The number of benzene rings is 2. The maximum atomic E-state index is 13.4. The number of amides is 2. The molecule has 0 aliphatic heterocycles. The highest BCUT2D eigenvalue weighted by atomic mass is 16.5. The van der Waals surface area contributed by atoms with Gasteiger partial charge in [-0.2, -0.15) is 0 Å². The van der Waals surface area contributed by atoms with Gasteiger partial charge in [0.25, 0.3) is 0 Å². The summed E-state index contributed by atoms with van der Waals surface area (Å²) >= 11 is 0. The lowest BCUT2D eigenvalue weighted by Crippen LogP contribution is -2.57. The predicted octanol–water partition coefficient (Wildman–Crippen LogP) is 3.99. The average molecular weight is 433 g/mol. The number of hydrogen-bond acceptors (Lipinski definition) is 3. The lowest BCUT2D eigenvalue weighted by atomic mass is 9.49. The molecule has 168 valence electrons. The summed E-state index contributed by atoms with van der Waals surface area (Å²) in [6, 6.07) is 17.0. The first-order valence-corrected chi connectivity index (χ1v) is 11.8. The van der Waals surface area contributed by atoms with E-state index in [0.29, 0.717) is 30.8 Å². The van der Waals surface area contributed by atoms with Crippen LogP contribution in [0, 0.1) is 23.2 Å². The van der Waals surface area contributed by atoms with Gasteiger partial charge in [-0.15, -0.1) is 0 Å². The Hall–Kier alpha value is -2.82. The highest BCUT2D eigenvalue weighted by Gasteiger charge is 2.54. The van der Waals surface area contributed by atoms with Crippen molar-refractivity contribution >= 4 is 11.8 Å². The minimum absolute atomic E-state index is 0.0388. The lowest BCUT2D eigenvalue weighted by Gasteiger charge is -2.55. The third-order valence-corrected chi connectivity index (χ3v) is 7.76. The molecule has 2 amide bonds. The van der Waals surface area contributed by atoms with E-state index in [1.807, 2.05) is 54.6 Å². The molecule has 4 aliphatic carbocycles. The van der Waals surface area contributed by atoms with E-state index < -0.39 is 11.9 Å². The molecule has 5 heteroatoms. The predicted molar refractivity (Wildman–Crippen MR) is 123 cm³/mol. The second kappa shape index (κ2) is 8.61. The Labute approximate surface area is 189 Å². The van der Waals surface area contributed by atoms with Gasteiger partial charge >= 0.3 is 0 Å². The maximum absolute atomic E-state index is 13.4. The Morgan fingerprint density at radius 3 is 2.19 bits per heavy atom. The number of ether oxygens (including phenoxy) is 1. The molecular formula is C27H32N2O3. The van der Waals surface area contributed by atoms with Crippen LogP contribution in [0.1, 0.15) is 49.7 Å². The van der Waals surface area contributed by atoms with Crippen LogP contribution in [-0.2, 0) is 22.6 Å². The van der Waals surface area contributed by atoms with Gasteiger partial charge < -0.3 is 15.8 Å². The Kier molecular flexibility index (Phi) is 5.66. The number of primary amides is 1. The molecule has 4 saturated carbocycles. The Bertz CT molecular complexity index is 952. The van der Waals surface area contributed by atoms with Crippen LogP contribution in [0.5, 0.6) is 5.75 Å². The van der Waals surface area contributed by atoms with Crippen LogP contribution in [-0.4, -0.2) is 17.9 Å². The van der Waals surface area contributed by atoms with Crippen LogP contribution in [0.2, 0.25) is 0 Å². The van der Waals surface area contributed by atoms with E-state index in [9.17, 15) is 9.59 Å². The molecule has 0 aromatic heterocycles. The van der Waals surface area contributed by atoms with E-state index in [1.54, 1.807) is 0 Å². The van der Waals surface area contributed by atoms with Gasteiger partial charge in [0.15, 0.2) is 0 Å². The third kappa shape index (κ3) is 4.38. The fourth-order valence-electron chi connectivity index (χ4n) is 6.66. The van der Waals surface area contributed by atoms with Crippen molar-refractivity contribution in [1.82, 2.24) is 5.32 Å². The molecule has 4 fully saturated rings. The van der Waals surface area contributed by atoms with Gasteiger partial charge in [0.2, 0.25) is 11.8 Å². The zero-order valence-corrected chi connectivity index (χ0v) is 18.5. The first kappa shape index (κ1) is 21.0. The van der Waals surface area contributed by atoms with Crippen molar-refractivity contribution in [2.75, 3.05) is 0 Å². The number of nitrogens with one attached hydrogen (secondary N) is 1. The van der Waals surface area contributed by atoms with Gasteiger partial charge in [0, 0.05) is 11.8 Å². The van der Waals surface area contributed by atoms with E-state index in [0.717, 1.165) is 36.1 Å². The van der Waals surface area contributed by atoms with E-state index in [-0.39, 0.29) is 11.3 Å². The molecule has 0 unspecified atom stereocenters. The first-order valence-electron chi connectivity index (χ1n) is 11.8. The molecule has 0 saturated heterocycles. The van der Waals surface area contributed by atoms with Crippen LogP contribution in [0.3, 0.4) is 0 Å². The van der Waals surface area contributed by atoms with Crippen molar-refractivity contribution in [3.05, 3.63) is 65.7 Å². The summed E-state index contributed by atoms with van der Waals surface area (Å²) in [6.07, 6.45) is 7.12. The highest BCUT2D eigenvalue weighted by Crippen LogP contribution is 2.60. The zero-order valence-electron chi connectivity index (χ0n) is 18.5. The monoisotopic (exact) mass is 432 g/mol. The molecule has 6 rings (SSSR count). The molecule has 3 N–H and O–H groups in total. The van der Waals surface area contributed by atoms with E-state index in [4.69, 9.17) is 10.5 Å². The number of nitrogens with two attached hydrogens (primary N) is 1. The van der Waals surface area contributed by atoms with Gasteiger partial charge in [-0.3, -0.25) is 9.59 Å². The summed E-state index contributed by atoms with van der Waals surface area (Å²) in [4.78, 5) is 25.6. The van der Waals surface area contributed by atoms with Gasteiger partial charge in [0.1, 0.15) is 18.4 Å². The molecule has 0 radical (unpaired) electrons. The van der Waals surface area contributed by atoms with Crippen molar-refractivity contribution in [3.63, 3.8) is 0 Å². The molecule has 0 spiro atoms. The molecule has 2 aromatic rings. The first-order chi connectivity index (χ1) is 15.5. The minimum Gasteiger partial charge on any atom is -0.489 e. The molecule has 32 heavy (non-hydrogen) atoms. The molecular weight excluding hydrogens is 400 g/mol. The topological polar surface area (TPSA) is 81.4 Å². The standard InChI is InChI=1S/C27H32N2O3/c28-25(30)24(29-26(31)27-14-20-9-21(15-27)11-22(10-20)16-27)13-19-7-4-8-23(12-19)32-17-18-5-2-1-3-6-18/h1-8,12,20-22,24H,9-11,13-17H2,(H2,28,30)(H,29,31)/t20?,21?,22?,24-,27?/m0/s1. The Morgan fingerprint density at radius 2 is 1.56 bits per heavy atom. The number of rotatable bonds is 8. The summed E-state index contributed by atoms with van der Waals surface area (Å²) in [5.74, 6) is 2.32. The summed E-state index contributed by atoms with van der Waals surface area (Å²) < 4.78 is 5.92. The highest BCUT2D eigenvalue weighted by molar-refractivity contribution is 5.90. The average Bonchev–Trinajstić information content (AvgIpc) is 2.77. The summed E-state index contributed by atoms with van der Waals surface area (Å²) in [7, 11) is 0. The van der Waals surface area contributed by atoms with Crippen LogP contribution in [0.15, 0.2) is 54.6 Å². The number of carbonyl (C=O) groups is 2. The van der Waals surface area contributed by atoms with Gasteiger partial charge in [-0.25, -0.2) is 0 Å². The minimum atomic E-state index is -0.708. The van der Waals surface area contributed by atoms with Crippen molar-refractivity contribution in [2.45, 2.75) is 57.6 Å². The van der Waals surface area contributed by atoms with Gasteiger partial charge in [-0.1, -0.05) is 42.5 Å². The largest absolute Gasteiger partial charge is 0.489 e. The summed E-state index contributed by atoms with van der Waals surface area (Å²) in [5, 5.41) is 3.04. The molecule has 4 aliphatic rings. The smallest absolute Gasteiger partial charge is 0.240 e. The fourth-order valence-corrected chi connectivity index (χ4v) is 6.66. The van der Waals surface area contributed by atoms with Crippen LogP contribution in [0.25, 0.3) is 0 Å². The van der Waals surface area contributed by atoms with Gasteiger partial charge in [-0.05, 0) is 79.5 Å². The van der Waals surface area contributed by atoms with Crippen molar-refractivity contribution in [1.29, 1.82) is 0 Å².